The maximum Gasteiger partial charge on any atom is 0.211 e. The van der Waals surface area contributed by atoms with Crippen molar-refractivity contribution in [2.45, 2.75) is 130 Å². The Morgan fingerprint density at radius 3 is 1.28 bits per heavy atom. The average molecular weight is 1640 g/mol. The van der Waals surface area contributed by atoms with Gasteiger partial charge in [0.25, 0.3) is 0 Å². The number of carbonyl (C=O) groups is 1. The topological polar surface area (TPSA) is 111 Å². The summed E-state index contributed by atoms with van der Waals surface area (Å²) in [5.41, 5.74) is 15.5. The van der Waals surface area contributed by atoms with E-state index in [1.165, 1.54) is 227 Å². The summed E-state index contributed by atoms with van der Waals surface area (Å²) in [5.74, 6) is 4.24. The summed E-state index contributed by atoms with van der Waals surface area (Å²) in [6.07, 6.45) is 20.5. The number of nitrogens with zero attached hydrogens (tertiary/aromatic N) is 9. The zero-order valence-electron chi connectivity index (χ0n) is 70.0. The minimum Gasteiger partial charge on any atom is -0.378 e. The standard InChI is InChI=1S/C25H30N2O.C22H26N2.C19H24N2OS.C17H24N2O2S.C17H20N2OS/c28-24(15-20-7-3-1-4-8-20)18-26-17-22-16-25(22,19-26)21-9-11-23(12-10-21)27-13-5-2-6-14-27;1-3-7-20(8-4-1)24-16-19-15-22(19,17-24)18-9-11-21(12-10-18)23-13-5-2-6-14-23;1-2-20-12-15-11-19(15,13-20)18-10-14-9-16(3-4-17(14)23-18)21-5-7-22-8-6-21;1-22(20,21)19-12-15-11-17(15,13-19)14-5-7-16(8-6-14)18-9-3-2-4-10-18;1-2-15-12(7-14(1)19-3-5-20-6-4-19)8-16(21-15)17-9-13(17)10-18-11-17/h1,3-4,7-12,22H,2,5-6,13-19H2;1,3-4,7-12,19H,2,5-6,13-17H2;3-4,9-10,15H,2,5-8,11-13H2,1H3;5-8,15H,2-4,9-13H2,1H3;1-2,7-8,13,18H,3-6,9-11H2. The first-order valence-corrected chi connectivity index (χ1v) is 48.9. The molecule has 12 heterocycles. The number of ketones is 1. The van der Waals surface area contributed by atoms with Crippen molar-refractivity contribution in [3.63, 3.8) is 0 Å². The second-order valence-corrected chi connectivity index (χ2v) is 42.2. The van der Waals surface area contributed by atoms with Gasteiger partial charge in [-0.3, -0.25) is 9.69 Å². The molecule has 10 unspecified atom stereocenters. The average Bonchev–Trinajstić information content (AvgIpc) is 1.56. The molecule has 5 saturated carbocycles. The molecule has 9 aromatic rings. The van der Waals surface area contributed by atoms with E-state index in [0.717, 1.165) is 114 Å². The van der Waals surface area contributed by atoms with Crippen LogP contribution in [0, 0.1) is 29.6 Å². The fourth-order valence-corrected chi connectivity index (χ4v) is 26.7. The van der Waals surface area contributed by atoms with E-state index in [4.69, 9.17) is 9.47 Å². The fraction of sp³-hybridized carbons (Fsp3) is 0.530. The predicted octanol–water partition coefficient (Wildman–Crippen LogP) is 16.7. The molecule has 0 amide bonds. The van der Waals surface area contributed by atoms with E-state index >= 15 is 0 Å². The van der Waals surface area contributed by atoms with Gasteiger partial charge in [0.05, 0.1) is 39.2 Å². The molecule has 0 bridgehead atoms. The van der Waals surface area contributed by atoms with Crippen LogP contribution < -0.4 is 34.7 Å². The number of likely N-dealkylation sites (N-methyl/N-ethyl adjacent to an activating group) is 1. The second kappa shape index (κ2) is 33.1. The molecule has 0 spiro atoms. The zero-order chi connectivity index (χ0) is 79.6. The van der Waals surface area contributed by atoms with Crippen LogP contribution in [0.2, 0.25) is 0 Å². The Morgan fingerprint density at radius 2 is 0.814 bits per heavy atom. The summed E-state index contributed by atoms with van der Waals surface area (Å²) < 4.78 is 39.0. The first-order chi connectivity index (χ1) is 57.7. The fourth-order valence-electron chi connectivity index (χ4n) is 23.2. The molecule has 7 aromatic carbocycles. The maximum atomic E-state index is 12.5. The predicted molar refractivity (Wildman–Crippen MR) is 488 cm³/mol. The minimum absolute atomic E-state index is 0.101. The van der Waals surface area contributed by atoms with Crippen LogP contribution in [0.25, 0.3) is 20.2 Å². The number of likely N-dealkylation sites (tertiary alicyclic amines) is 2. The highest BCUT2D eigenvalue weighted by atomic mass is 32.2. The van der Waals surface area contributed by atoms with Crippen molar-refractivity contribution in [1.82, 2.24) is 19.4 Å². The quantitative estimate of drug-likeness (QED) is 0.0934. The highest BCUT2D eigenvalue weighted by molar-refractivity contribution is 7.88. The number of nitrogens with one attached hydrogen (secondary N) is 1. The second-order valence-electron chi connectivity index (χ2n) is 38.0. The number of ether oxygens (including phenoxy) is 2. The maximum absolute atomic E-state index is 12.5. The van der Waals surface area contributed by atoms with Crippen molar-refractivity contribution in [2.24, 2.45) is 29.6 Å². The van der Waals surface area contributed by atoms with Crippen LogP contribution in [0.15, 0.2) is 182 Å². The smallest absolute Gasteiger partial charge is 0.211 e. The third-order valence-corrected chi connectivity index (χ3v) is 34.5. The van der Waals surface area contributed by atoms with Crippen molar-refractivity contribution in [3.8, 4) is 0 Å². The zero-order valence-corrected chi connectivity index (χ0v) is 72.4. The first kappa shape index (κ1) is 79.1. The number of sulfonamides is 1. The Morgan fingerprint density at radius 1 is 0.407 bits per heavy atom. The third-order valence-electron chi connectivity index (χ3n) is 30.7. The molecule has 5 aliphatic carbocycles. The molecule has 1 N–H and O–H groups in total. The number of hydrogen-bond donors (Lipinski definition) is 1. The van der Waals surface area contributed by atoms with Gasteiger partial charge in [-0.15, -0.1) is 22.7 Å². The lowest BCUT2D eigenvalue weighted by atomic mass is 9.94. The molecule has 24 rings (SSSR count). The number of hydrogen-bond acceptors (Lipinski definition) is 16. The molecule has 10 atom stereocenters. The molecule has 622 valence electrons. The Labute approximate surface area is 710 Å². The van der Waals surface area contributed by atoms with Gasteiger partial charge < -0.3 is 49.1 Å². The van der Waals surface area contributed by atoms with Gasteiger partial charge in [-0.2, -0.15) is 0 Å². The molecule has 0 radical (unpaired) electrons. The summed E-state index contributed by atoms with van der Waals surface area (Å²) in [7, 11) is -3.05. The molecule has 10 aliphatic heterocycles. The molecular formula is C100H124N10O5S3. The molecule has 118 heavy (non-hydrogen) atoms. The minimum atomic E-state index is -3.05. The normalized spacial score (nSPS) is 29.8. The number of Topliss-reactive ketones (excluding diaryl/α,β-unsaturated/α-hetero) is 1. The Balaban J connectivity index is 0.0000000950. The van der Waals surface area contributed by atoms with E-state index in [2.05, 4.69) is 203 Å². The van der Waals surface area contributed by atoms with Crippen molar-refractivity contribution < 1.29 is 22.7 Å². The van der Waals surface area contributed by atoms with E-state index in [1.807, 2.05) is 53.0 Å². The van der Waals surface area contributed by atoms with Crippen LogP contribution in [0.3, 0.4) is 0 Å². The number of fused-ring (bicyclic) bond motifs is 7. The highest BCUT2D eigenvalue weighted by Crippen LogP contribution is 2.64. The van der Waals surface area contributed by atoms with Crippen molar-refractivity contribution in [3.05, 3.63) is 214 Å². The van der Waals surface area contributed by atoms with Crippen molar-refractivity contribution >= 4 is 92.8 Å². The summed E-state index contributed by atoms with van der Waals surface area (Å²) in [6, 6.07) is 67.8. The Hall–Kier alpha value is -7.36. The van der Waals surface area contributed by atoms with Crippen molar-refractivity contribution in [2.75, 3.05) is 206 Å². The SMILES string of the molecule is CCN1CC2CC2(c2cc3cc(N4CCOCC4)ccc3s2)C1.CS(=O)(=O)N1CC2CC2(c2ccc(N3CCCCC3)cc2)C1.O=C(Cc1ccccc1)CN1CC2CC2(c2ccc(N3CCCCC3)cc2)C1.c1cc2sc(C34CNCC3C4)cc2cc1N1CCOCC1.c1ccc(N2CC3CC3(c3ccc(N4CCCCC4)cc3)C2)cc1. The van der Waals surface area contributed by atoms with E-state index in [9.17, 15) is 13.2 Å². The lowest BCUT2D eigenvalue weighted by molar-refractivity contribution is -0.119. The largest absolute Gasteiger partial charge is 0.378 e. The molecular weight excluding hydrogens is 1520 g/mol. The summed E-state index contributed by atoms with van der Waals surface area (Å²) in [6.45, 7) is 29.6. The van der Waals surface area contributed by atoms with Gasteiger partial charge in [0.15, 0.2) is 5.78 Å². The summed E-state index contributed by atoms with van der Waals surface area (Å²) in [4.78, 5) is 35.8. The lowest BCUT2D eigenvalue weighted by Crippen LogP contribution is -2.36. The molecule has 15 fully saturated rings. The lowest BCUT2D eigenvalue weighted by Gasteiger charge is -2.29. The first-order valence-electron chi connectivity index (χ1n) is 45.5. The molecule has 10 saturated heterocycles. The number of benzene rings is 7. The van der Waals surface area contributed by atoms with Gasteiger partial charge in [-0.25, -0.2) is 12.7 Å². The van der Waals surface area contributed by atoms with Crippen LogP contribution >= 0.6 is 22.7 Å². The van der Waals surface area contributed by atoms with Crippen LogP contribution in [0.1, 0.15) is 129 Å². The van der Waals surface area contributed by atoms with Gasteiger partial charge in [0.2, 0.25) is 10.0 Å². The number of thiophene rings is 2. The van der Waals surface area contributed by atoms with Crippen LogP contribution in [0.4, 0.5) is 34.1 Å². The summed E-state index contributed by atoms with van der Waals surface area (Å²) >= 11 is 4.04. The summed E-state index contributed by atoms with van der Waals surface area (Å²) in [5, 5.41) is 6.41. The molecule has 18 heteroatoms. The van der Waals surface area contributed by atoms with Crippen LogP contribution in [-0.4, -0.2) is 205 Å². The number of rotatable bonds is 17. The van der Waals surface area contributed by atoms with Gasteiger partial charge in [0.1, 0.15) is 0 Å². The van der Waals surface area contributed by atoms with E-state index < -0.39 is 10.0 Å². The number of para-hydroxylation sites is 1. The number of anilines is 6. The Bertz CT molecular complexity index is 5100. The third kappa shape index (κ3) is 16.2. The van der Waals surface area contributed by atoms with E-state index in [1.54, 1.807) is 19.6 Å². The molecule has 2 aromatic heterocycles. The van der Waals surface area contributed by atoms with Crippen LogP contribution in [0.5, 0.6) is 0 Å². The van der Waals surface area contributed by atoms with Gasteiger partial charge in [0, 0.05) is 211 Å². The van der Waals surface area contributed by atoms with E-state index in [0.29, 0.717) is 59.4 Å². The van der Waals surface area contributed by atoms with E-state index in [-0.39, 0.29) is 5.41 Å². The monoisotopic (exact) mass is 1640 g/mol. The van der Waals surface area contributed by atoms with Crippen molar-refractivity contribution in [1.29, 1.82) is 0 Å². The number of morpholine rings is 2. The molecule has 15 aliphatic rings. The number of carbonyl (C=O) groups excluding carboxylic acids is 1. The highest BCUT2D eigenvalue weighted by Gasteiger charge is 2.65. The van der Waals surface area contributed by atoms with Gasteiger partial charge in [-0.1, -0.05) is 91.9 Å². The van der Waals surface area contributed by atoms with Gasteiger partial charge >= 0.3 is 0 Å². The van der Waals surface area contributed by atoms with Crippen LogP contribution in [-0.2, 0) is 57.8 Å². The number of piperidine rings is 8. The molecule has 15 nitrogen and oxygen atoms in total. The Kier molecular flexibility index (Phi) is 22.2. The van der Waals surface area contributed by atoms with Gasteiger partial charge in [-0.05, 0) is 263 Å².